The monoisotopic (exact) mass is 369 g/mol. The van der Waals surface area contributed by atoms with E-state index >= 15 is 0 Å². The summed E-state index contributed by atoms with van der Waals surface area (Å²) < 4.78 is 0. The maximum atomic E-state index is 11.3. The van der Waals surface area contributed by atoms with E-state index in [0.29, 0.717) is 22.6 Å². The van der Waals surface area contributed by atoms with E-state index in [0.717, 1.165) is 11.0 Å². The van der Waals surface area contributed by atoms with Crippen LogP contribution in [0.25, 0.3) is 22.7 Å². The number of aromatic amines is 1. The summed E-state index contributed by atoms with van der Waals surface area (Å²) in [6, 6.07) is 14.4. The molecule has 0 aliphatic heterocycles. The average molecular weight is 370 g/mol. The minimum Gasteiger partial charge on any atom is -0.372 e. The maximum absolute atomic E-state index is 11.3. The Balaban J connectivity index is 0.00000243. The summed E-state index contributed by atoms with van der Waals surface area (Å²) in [5, 5.41) is 20.8. The van der Waals surface area contributed by atoms with Crippen LogP contribution < -0.4 is 4.90 Å². The minimum atomic E-state index is -0.431. The van der Waals surface area contributed by atoms with Crippen molar-refractivity contribution >= 4 is 46.5 Å². The van der Waals surface area contributed by atoms with Crippen molar-refractivity contribution in [1.82, 2.24) is 9.97 Å². The van der Waals surface area contributed by atoms with Crippen LogP contribution in [0.3, 0.4) is 0 Å². The molecule has 1 heterocycles. The number of nitrogens with one attached hydrogen (secondary N) is 1. The van der Waals surface area contributed by atoms with Crippen LogP contribution in [0.2, 0.25) is 0 Å². The molecule has 0 unspecified atom stereocenters. The van der Waals surface area contributed by atoms with Gasteiger partial charge in [-0.1, -0.05) is 18.2 Å². The van der Waals surface area contributed by atoms with Crippen LogP contribution in [-0.2, 0) is 0 Å². The minimum absolute atomic E-state index is 0. The van der Waals surface area contributed by atoms with Crippen LogP contribution in [0.5, 0.6) is 0 Å². The zero-order chi connectivity index (χ0) is 18.0. The smallest absolute Gasteiger partial charge is 0.293 e. The Labute approximate surface area is 156 Å². The van der Waals surface area contributed by atoms with Crippen molar-refractivity contribution in [2.24, 2.45) is 0 Å². The Kier molecular flexibility index (Phi) is 5.60. The van der Waals surface area contributed by atoms with Gasteiger partial charge in [-0.25, -0.2) is 4.98 Å². The molecule has 0 saturated heterocycles. The number of rotatable bonds is 4. The number of nitriles is 1. The molecule has 0 atom stereocenters. The van der Waals surface area contributed by atoms with E-state index in [-0.39, 0.29) is 18.1 Å². The largest absolute Gasteiger partial charge is 0.372 e. The number of H-pyrrole nitrogens is 1. The van der Waals surface area contributed by atoms with Gasteiger partial charge >= 0.3 is 0 Å². The molecule has 132 valence electrons. The summed E-state index contributed by atoms with van der Waals surface area (Å²) in [4.78, 5) is 20.0. The van der Waals surface area contributed by atoms with Gasteiger partial charge in [-0.05, 0) is 29.8 Å². The number of fused-ring (bicyclic) bond motifs is 1. The van der Waals surface area contributed by atoms with Crippen molar-refractivity contribution in [3.05, 3.63) is 64.0 Å². The number of anilines is 1. The fourth-order valence-corrected chi connectivity index (χ4v) is 2.56. The van der Waals surface area contributed by atoms with E-state index in [1.807, 2.05) is 24.3 Å². The molecule has 0 aliphatic rings. The predicted octanol–water partition coefficient (Wildman–Crippen LogP) is 4.02. The maximum Gasteiger partial charge on any atom is 0.293 e. The molecule has 3 aromatic rings. The zero-order valence-electron chi connectivity index (χ0n) is 14.1. The van der Waals surface area contributed by atoms with Crippen LogP contribution >= 0.6 is 12.4 Å². The van der Waals surface area contributed by atoms with Gasteiger partial charge in [0, 0.05) is 20.2 Å². The highest BCUT2D eigenvalue weighted by Gasteiger charge is 2.16. The van der Waals surface area contributed by atoms with Gasteiger partial charge in [-0.3, -0.25) is 10.1 Å². The van der Waals surface area contributed by atoms with Crippen molar-refractivity contribution in [2.45, 2.75) is 0 Å². The molecule has 0 spiro atoms. The molecule has 1 aromatic heterocycles. The number of imidazole rings is 1. The van der Waals surface area contributed by atoms with Crippen molar-refractivity contribution < 1.29 is 4.92 Å². The molecular formula is C18H16ClN5O2. The predicted molar refractivity (Wildman–Crippen MR) is 104 cm³/mol. The lowest BCUT2D eigenvalue weighted by Crippen LogP contribution is -2.11. The molecule has 0 aliphatic carbocycles. The Morgan fingerprint density at radius 1 is 1.31 bits per heavy atom. The number of hydrogen-bond acceptors (Lipinski definition) is 5. The number of allylic oxidation sites excluding steroid dienone is 1. The quantitative estimate of drug-likeness (QED) is 0.425. The Hall–Kier alpha value is -3.37. The molecule has 0 saturated carbocycles. The van der Waals surface area contributed by atoms with Crippen molar-refractivity contribution in [3.8, 4) is 6.07 Å². The summed E-state index contributed by atoms with van der Waals surface area (Å²) in [6.07, 6.45) is 1.59. The first-order valence-corrected chi connectivity index (χ1v) is 7.52. The molecule has 0 fully saturated rings. The summed E-state index contributed by atoms with van der Waals surface area (Å²) in [7, 11) is 3.49. The highest BCUT2D eigenvalue weighted by molar-refractivity contribution is 5.90. The second kappa shape index (κ2) is 7.68. The fourth-order valence-electron chi connectivity index (χ4n) is 2.56. The van der Waals surface area contributed by atoms with E-state index < -0.39 is 4.92 Å². The lowest BCUT2D eigenvalue weighted by Gasteiger charge is -2.12. The molecule has 0 bridgehead atoms. The van der Waals surface area contributed by atoms with Crippen LogP contribution in [0.4, 0.5) is 11.4 Å². The summed E-state index contributed by atoms with van der Waals surface area (Å²) in [5.41, 5.74) is 2.95. The van der Waals surface area contributed by atoms with Gasteiger partial charge in [0.15, 0.2) is 0 Å². The van der Waals surface area contributed by atoms with E-state index in [9.17, 15) is 15.4 Å². The number of halogens is 1. The molecule has 7 nitrogen and oxygen atoms in total. The van der Waals surface area contributed by atoms with Gasteiger partial charge in [0.1, 0.15) is 17.6 Å². The first kappa shape index (κ1) is 19.0. The van der Waals surface area contributed by atoms with Crippen LogP contribution in [0.1, 0.15) is 11.4 Å². The number of aromatic nitrogens is 2. The van der Waals surface area contributed by atoms with Crippen LogP contribution in [0.15, 0.2) is 42.5 Å². The third kappa shape index (κ3) is 3.66. The van der Waals surface area contributed by atoms with Gasteiger partial charge in [0.2, 0.25) is 0 Å². The zero-order valence-corrected chi connectivity index (χ0v) is 14.9. The van der Waals surface area contributed by atoms with Crippen LogP contribution in [-0.4, -0.2) is 29.0 Å². The van der Waals surface area contributed by atoms with Gasteiger partial charge in [0.05, 0.1) is 21.5 Å². The number of nitro benzene ring substituents is 1. The van der Waals surface area contributed by atoms with Crippen molar-refractivity contribution in [1.29, 1.82) is 5.26 Å². The SMILES string of the molecule is CN(C)c1ccc(/C=C(\C#N)c2nc3ccccc3[nH]2)cc1[N+](=O)[O-].Cl. The van der Waals surface area contributed by atoms with E-state index in [1.54, 1.807) is 37.2 Å². The highest BCUT2D eigenvalue weighted by atomic mass is 35.5. The Bertz CT molecular complexity index is 1000. The fraction of sp³-hybridized carbons (Fsp3) is 0.111. The van der Waals surface area contributed by atoms with E-state index in [4.69, 9.17) is 0 Å². The molecule has 2 aromatic carbocycles. The van der Waals surface area contributed by atoms with Gasteiger partial charge < -0.3 is 9.88 Å². The second-order valence-electron chi connectivity index (χ2n) is 5.67. The third-order valence-electron chi connectivity index (χ3n) is 3.75. The second-order valence-corrected chi connectivity index (χ2v) is 5.67. The lowest BCUT2D eigenvalue weighted by molar-refractivity contribution is -0.384. The highest BCUT2D eigenvalue weighted by Crippen LogP contribution is 2.29. The number of para-hydroxylation sites is 2. The molecule has 8 heteroatoms. The first-order chi connectivity index (χ1) is 12.0. The van der Waals surface area contributed by atoms with Gasteiger partial charge in [0.25, 0.3) is 5.69 Å². The van der Waals surface area contributed by atoms with Crippen molar-refractivity contribution in [2.75, 3.05) is 19.0 Å². The normalized spacial score (nSPS) is 10.9. The summed E-state index contributed by atoms with van der Waals surface area (Å²) in [6.45, 7) is 0. The molecular weight excluding hydrogens is 354 g/mol. The standard InChI is InChI=1S/C18H15N5O2.ClH/c1-22(2)16-8-7-12(10-17(16)23(24)25)9-13(11-19)18-20-14-5-3-4-6-15(14)21-18;/h3-10H,1-2H3,(H,20,21);1H/b13-9+;. The topological polar surface area (TPSA) is 98.8 Å². The number of hydrogen-bond donors (Lipinski definition) is 1. The number of nitrogens with zero attached hydrogens (tertiary/aromatic N) is 4. The molecule has 0 radical (unpaired) electrons. The molecule has 1 N–H and O–H groups in total. The van der Waals surface area contributed by atoms with Crippen LogP contribution in [0, 0.1) is 21.4 Å². The Morgan fingerprint density at radius 2 is 2.04 bits per heavy atom. The lowest BCUT2D eigenvalue weighted by atomic mass is 10.1. The van der Waals surface area contributed by atoms with Gasteiger partial charge in [-0.2, -0.15) is 5.26 Å². The summed E-state index contributed by atoms with van der Waals surface area (Å²) in [5.74, 6) is 0.433. The van der Waals surface area contributed by atoms with Crippen molar-refractivity contribution in [3.63, 3.8) is 0 Å². The average Bonchev–Trinajstić information content (AvgIpc) is 3.03. The molecule has 26 heavy (non-hydrogen) atoms. The number of nitro groups is 1. The molecule has 3 rings (SSSR count). The first-order valence-electron chi connectivity index (χ1n) is 7.52. The van der Waals surface area contributed by atoms with Gasteiger partial charge in [-0.15, -0.1) is 12.4 Å². The number of benzene rings is 2. The summed E-state index contributed by atoms with van der Waals surface area (Å²) >= 11 is 0. The van der Waals surface area contributed by atoms with E-state index in [1.165, 1.54) is 6.07 Å². The third-order valence-corrected chi connectivity index (χ3v) is 3.75. The molecule has 0 amide bonds. The Morgan fingerprint density at radius 3 is 2.65 bits per heavy atom. The van der Waals surface area contributed by atoms with E-state index in [2.05, 4.69) is 16.0 Å².